The van der Waals surface area contributed by atoms with Crippen LogP contribution in [0.15, 0.2) is 90.1 Å². The summed E-state index contributed by atoms with van der Waals surface area (Å²) in [7, 11) is 0. The van der Waals surface area contributed by atoms with Crippen molar-refractivity contribution in [3.8, 4) is 11.1 Å². The number of carbonyl (C=O) groups excluding carboxylic acids is 1. The lowest BCUT2D eigenvalue weighted by atomic mass is 9.98. The smallest absolute Gasteiger partial charge is 0.252 e. The van der Waals surface area contributed by atoms with E-state index in [0.717, 1.165) is 23.4 Å². The van der Waals surface area contributed by atoms with E-state index < -0.39 is 0 Å². The van der Waals surface area contributed by atoms with Crippen LogP contribution in [0.5, 0.6) is 0 Å². The molecule has 2 aromatic carbocycles. The van der Waals surface area contributed by atoms with E-state index in [1.165, 1.54) is 5.56 Å². The summed E-state index contributed by atoms with van der Waals surface area (Å²) >= 11 is 0. The average Bonchev–Trinajstić information content (AvgIpc) is 3.41. The summed E-state index contributed by atoms with van der Waals surface area (Å²) in [6.45, 7) is 1.13. The molecule has 5 heteroatoms. The van der Waals surface area contributed by atoms with E-state index >= 15 is 0 Å². The highest BCUT2D eigenvalue weighted by Gasteiger charge is 2.12. The standard InChI is InChI=1S/C22H19N3O2/c26-22(24-14-19-4-3-13-27-19)21-6-2-1-5-20(21)18-9-7-17(8-10-18)15-25-12-11-23-16-25/h1-13,16H,14-15H2,(H,24,26). The molecule has 0 unspecified atom stereocenters. The molecule has 0 bridgehead atoms. The Balaban J connectivity index is 1.52. The molecule has 0 saturated carbocycles. The Morgan fingerprint density at radius 2 is 1.89 bits per heavy atom. The Kier molecular flexibility index (Phi) is 4.83. The molecule has 2 aromatic heterocycles. The zero-order valence-electron chi connectivity index (χ0n) is 14.7. The van der Waals surface area contributed by atoms with Crippen molar-refractivity contribution < 1.29 is 9.21 Å². The van der Waals surface area contributed by atoms with Gasteiger partial charge in [-0.3, -0.25) is 4.79 Å². The minimum Gasteiger partial charge on any atom is -0.467 e. The second kappa shape index (κ2) is 7.74. The molecule has 0 spiro atoms. The highest BCUT2D eigenvalue weighted by Crippen LogP contribution is 2.24. The van der Waals surface area contributed by atoms with Crippen LogP contribution in [0.2, 0.25) is 0 Å². The Morgan fingerprint density at radius 3 is 2.63 bits per heavy atom. The summed E-state index contributed by atoms with van der Waals surface area (Å²) in [6, 6.07) is 19.5. The zero-order chi connectivity index (χ0) is 18.5. The van der Waals surface area contributed by atoms with Crippen LogP contribution in [-0.2, 0) is 13.1 Å². The number of nitrogens with zero attached hydrogens (tertiary/aromatic N) is 2. The first-order valence-corrected chi connectivity index (χ1v) is 8.74. The molecule has 0 fully saturated rings. The number of furan rings is 1. The van der Waals surface area contributed by atoms with Crippen LogP contribution in [0.4, 0.5) is 0 Å². The third kappa shape index (κ3) is 3.98. The first-order chi connectivity index (χ1) is 13.3. The van der Waals surface area contributed by atoms with Gasteiger partial charge in [0.2, 0.25) is 0 Å². The number of nitrogens with one attached hydrogen (secondary N) is 1. The predicted molar refractivity (Wildman–Crippen MR) is 103 cm³/mol. The maximum atomic E-state index is 12.6. The van der Waals surface area contributed by atoms with Crippen molar-refractivity contribution in [3.05, 3.63) is 103 Å². The minimum atomic E-state index is -0.121. The molecule has 134 valence electrons. The first-order valence-electron chi connectivity index (χ1n) is 8.74. The molecule has 0 saturated heterocycles. The van der Waals surface area contributed by atoms with Crippen LogP contribution >= 0.6 is 0 Å². The van der Waals surface area contributed by atoms with Crippen molar-refractivity contribution in [1.29, 1.82) is 0 Å². The molecule has 0 aliphatic heterocycles. The SMILES string of the molecule is O=C(NCc1ccco1)c1ccccc1-c1ccc(Cn2ccnc2)cc1. The number of aromatic nitrogens is 2. The normalized spacial score (nSPS) is 10.7. The van der Waals surface area contributed by atoms with Gasteiger partial charge in [-0.1, -0.05) is 42.5 Å². The summed E-state index contributed by atoms with van der Waals surface area (Å²) in [5.41, 5.74) is 3.74. The van der Waals surface area contributed by atoms with E-state index in [2.05, 4.69) is 22.4 Å². The lowest BCUT2D eigenvalue weighted by Gasteiger charge is -2.11. The second-order valence-corrected chi connectivity index (χ2v) is 6.24. The third-order valence-electron chi connectivity index (χ3n) is 4.36. The van der Waals surface area contributed by atoms with Gasteiger partial charge in [0.1, 0.15) is 5.76 Å². The number of amides is 1. The molecule has 5 nitrogen and oxygen atoms in total. The maximum absolute atomic E-state index is 12.6. The largest absolute Gasteiger partial charge is 0.467 e. The Hall–Kier alpha value is -3.60. The molecule has 1 amide bonds. The van der Waals surface area contributed by atoms with Gasteiger partial charge in [-0.15, -0.1) is 0 Å². The number of carbonyl (C=O) groups is 1. The first kappa shape index (κ1) is 16.8. The zero-order valence-corrected chi connectivity index (χ0v) is 14.7. The van der Waals surface area contributed by atoms with Crippen molar-refractivity contribution in [2.45, 2.75) is 13.1 Å². The summed E-state index contributed by atoms with van der Waals surface area (Å²) < 4.78 is 7.29. The number of hydrogen-bond donors (Lipinski definition) is 1. The monoisotopic (exact) mass is 357 g/mol. The summed E-state index contributed by atoms with van der Waals surface area (Å²) in [5.74, 6) is 0.606. The Bertz CT molecular complexity index is 1000. The van der Waals surface area contributed by atoms with Gasteiger partial charge in [0.05, 0.1) is 19.1 Å². The molecule has 4 rings (SSSR count). The lowest BCUT2D eigenvalue weighted by Crippen LogP contribution is -2.23. The van der Waals surface area contributed by atoms with E-state index in [1.54, 1.807) is 24.9 Å². The van der Waals surface area contributed by atoms with Gasteiger partial charge < -0.3 is 14.3 Å². The van der Waals surface area contributed by atoms with Crippen LogP contribution in [0, 0.1) is 0 Å². The number of hydrogen-bond acceptors (Lipinski definition) is 3. The maximum Gasteiger partial charge on any atom is 0.252 e. The molecule has 4 aromatic rings. The number of rotatable bonds is 6. The van der Waals surface area contributed by atoms with Crippen molar-refractivity contribution in [2.75, 3.05) is 0 Å². The molecule has 2 heterocycles. The molecular formula is C22H19N3O2. The lowest BCUT2D eigenvalue weighted by molar-refractivity contribution is 0.0948. The molecule has 1 N–H and O–H groups in total. The van der Waals surface area contributed by atoms with E-state index in [0.29, 0.717) is 12.1 Å². The molecular weight excluding hydrogens is 338 g/mol. The van der Waals surface area contributed by atoms with Crippen molar-refractivity contribution >= 4 is 5.91 Å². The molecule has 27 heavy (non-hydrogen) atoms. The van der Waals surface area contributed by atoms with Crippen LogP contribution in [-0.4, -0.2) is 15.5 Å². The third-order valence-corrected chi connectivity index (χ3v) is 4.36. The average molecular weight is 357 g/mol. The van der Waals surface area contributed by atoms with Crippen LogP contribution in [0.1, 0.15) is 21.7 Å². The van der Waals surface area contributed by atoms with Crippen molar-refractivity contribution in [2.24, 2.45) is 0 Å². The fourth-order valence-electron chi connectivity index (χ4n) is 2.99. The highest BCUT2D eigenvalue weighted by atomic mass is 16.3. The predicted octanol–water partition coefficient (Wildman–Crippen LogP) is 4.12. The Morgan fingerprint density at radius 1 is 1.04 bits per heavy atom. The highest BCUT2D eigenvalue weighted by molar-refractivity contribution is 6.00. The minimum absolute atomic E-state index is 0.121. The van der Waals surface area contributed by atoms with Gasteiger partial charge >= 0.3 is 0 Å². The molecule has 0 atom stereocenters. The van der Waals surface area contributed by atoms with Crippen molar-refractivity contribution in [1.82, 2.24) is 14.9 Å². The summed E-state index contributed by atoms with van der Waals surface area (Å²) in [6.07, 6.45) is 7.10. The molecule has 0 aliphatic carbocycles. The summed E-state index contributed by atoms with van der Waals surface area (Å²) in [5, 5.41) is 2.91. The summed E-state index contributed by atoms with van der Waals surface area (Å²) in [4.78, 5) is 16.7. The molecule has 0 aliphatic rings. The number of imidazole rings is 1. The van der Waals surface area contributed by atoms with E-state index in [-0.39, 0.29) is 5.91 Å². The van der Waals surface area contributed by atoms with Crippen LogP contribution < -0.4 is 5.32 Å². The van der Waals surface area contributed by atoms with Crippen LogP contribution in [0.3, 0.4) is 0 Å². The van der Waals surface area contributed by atoms with Crippen LogP contribution in [0.25, 0.3) is 11.1 Å². The van der Waals surface area contributed by atoms with E-state index in [4.69, 9.17) is 4.42 Å². The van der Waals surface area contributed by atoms with Gasteiger partial charge in [0, 0.05) is 24.5 Å². The van der Waals surface area contributed by atoms with E-state index in [9.17, 15) is 4.79 Å². The molecule has 0 radical (unpaired) electrons. The topological polar surface area (TPSA) is 60.1 Å². The van der Waals surface area contributed by atoms with Crippen molar-refractivity contribution in [3.63, 3.8) is 0 Å². The quantitative estimate of drug-likeness (QED) is 0.565. The van der Waals surface area contributed by atoms with Gasteiger partial charge in [0.15, 0.2) is 0 Å². The van der Waals surface area contributed by atoms with Gasteiger partial charge in [-0.05, 0) is 34.9 Å². The van der Waals surface area contributed by atoms with Gasteiger partial charge in [-0.25, -0.2) is 4.98 Å². The number of benzene rings is 2. The fourth-order valence-corrected chi connectivity index (χ4v) is 2.99. The van der Waals surface area contributed by atoms with Gasteiger partial charge in [-0.2, -0.15) is 0 Å². The van der Waals surface area contributed by atoms with E-state index in [1.807, 2.05) is 53.2 Å². The Labute approximate surface area is 157 Å². The fraction of sp³-hybridized carbons (Fsp3) is 0.0909. The second-order valence-electron chi connectivity index (χ2n) is 6.24. The van der Waals surface area contributed by atoms with Gasteiger partial charge in [0.25, 0.3) is 5.91 Å².